The molecule has 2 aliphatic carbocycles. The molecule has 3 rings (SSSR count). The highest BCUT2D eigenvalue weighted by molar-refractivity contribution is 4.96. The zero-order valence-electron chi connectivity index (χ0n) is 12.4. The molecule has 2 atom stereocenters. The van der Waals surface area contributed by atoms with Gasteiger partial charge in [0.2, 0.25) is 0 Å². The van der Waals surface area contributed by atoms with Crippen LogP contribution in [0.15, 0.2) is 0 Å². The van der Waals surface area contributed by atoms with Crippen molar-refractivity contribution in [2.45, 2.75) is 64.2 Å². The van der Waals surface area contributed by atoms with E-state index in [1.807, 2.05) is 0 Å². The van der Waals surface area contributed by atoms with Gasteiger partial charge in [0.25, 0.3) is 0 Å². The monoisotopic (exact) mass is 265 g/mol. The molecule has 2 unspecified atom stereocenters. The van der Waals surface area contributed by atoms with Crippen LogP contribution in [0.2, 0.25) is 0 Å². The molecule has 110 valence electrons. The van der Waals surface area contributed by atoms with Crippen LogP contribution in [-0.2, 0) is 0 Å². The first kappa shape index (κ1) is 13.9. The number of nitrogens with zero attached hydrogens (tertiary/aromatic N) is 1. The molecular formula is C17H31NO. The molecule has 1 saturated heterocycles. The van der Waals surface area contributed by atoms with E-state index in [9.17, 15) is 5.11 Å². The van der Waals surface area contributed by atoms with Gasteiger partial charge in [-0.15, -0.1) is 0 Å². The Morgan fingerprint density at radius 3 is 2.11 bits per heavy atom. The molecule has 1 N–H and O–H groups in total. The Balaban J connectivity index is 1.47. The Morgan fingerprint density at radius 2 is 1.47 bits per heavy atom. The van der Waals surface area contributed by atoms with Gasteiger partial charge in [0.05, 0.1) is 0 Å². The maximum atomic E-state index is 9.53. The van der Waals surface area contributed by atoms with Gasteiger partial charge >= 0.3 is 0 Å². The largest absolute Gasteiger partial charge is 0.396 e. The molecule has 0 aromatic rings. The molecule has 0 amide bonds. The maximum Gasteiger partial charge on any atom is 0.0462 e. The highest BCUT2D eigenvalue weighted by Crippen LogP contribution is 2.44. The van der Waals surface area contributed by atoms with Crippen LogP contribution in [0.5, 0.6) is 0 Å². The molecule has 2 nitrogen and oxygen atoms in total. The van der Waals surface area contributed by atoms with Gasteiger partial charge in [0.15, 0.2) is 0 Å². The summed E-state index contributed by atoms with van der Waals surface area (Å²) in [7, 11) is 0. The van der Waals surface area contributed by atoms with E-state index in [0.717, 1.165) is 5.92 Å². The summed E-state index contributed by atoms with van der Waals surface area (Å²) in [6.07, 6.45) is 14.2. The minimum Gasteiger partial charge on any atom is -0.396 e. The Kier molecular flexibility index (Phi) is 4.48. The Hall–Kier alpha value is -0.0800. The molecule has 2 heteroatoms. The van der Waals surface area contributed by atoms with Crippen molar-refractivity contribution in [1.29, 1.82) is 0 Å². The predicted octanol–water partition coefficient (Wildman–Crippen LogP) is 3.44. The number of hydrogen-bond donors (Lipinski definition) is 1. The van der Waals surface area contributed by atoms with Crippen molar-refractivity contribution in [2.24, 2.45) is 17.3 Å². The first-order valence-corrected chi connectivity index (χ1v) is 8.65. The lowest BCUT2D eigenvalue weighted by atomic mass is 9.72. The van der Waals surface area contributed by atoms with Crippen molar-refractivity contribution < 1.29 is 5.11 Å². The van der Waals surface area contributed by atoms with Gasteiger partial charge in [-0.1, -0.05) is 38.5 Å². The smallest absolute Gasteiger partial charge is 0.0462 e. The standard InChI is InChI=1S/C17H31NO/c19-12-16-8-4-3-7-15(16)11-18-13-17(14-18)9-5-1-2-6-10-17/h15-16,19H,1-14H2. The topological polar surface area (TPSA) is 23.5 Å². The second-order valence-corrected chi connectivity index (χ2v) is 7.57. The summed E-state index contributed by atoms with van der Waals surface area (Å²) in [5.74, 6) is 1.38. The number of aliphatic hydroxyl groups excluding tert-OH is 1. The van der Waals surface area contributed by atoms with Gasteiger partial charge in [-0.05, 0) is 42.9 Å². The molecule has 0 bridgehead atoms. The second kappa shape index (κ2) is 6.13. The Bertz CT molecular complexity index is 275. The average molecular weight is 265 g/mol. The fourth-order valence-electron chi connectivity index (χ4n) is 4.92. The summed E-state index contributed by atoms with van der Waals surface area (Å²) in [6.45, 7) is 4.42. The lowest BCUT2D eigenvalue weighted by Gasteiger charge is -2.52. The van der Waals surface area contributed by atoms with E-state index < -0.39 is 0 Å². The maximum absolute atomic E-state index is 9.53. The third-order valence-electron chi connectivity index (χ3n) is 6.08. The molecule has 19 heavy (non-hydrogen) atoms. The molecule has 1 spiro atoms. The van der Waals surface area contributed by atoms with Crippen LogP contribution in [0.1, 0.15) is 64.2 Å². The van der Waals surface area contributed by atoms with Crippen molar-refractivity contribution >= 4 is 0 Å². The van der Waals surface area contributed by atoms with Crippen molar-refractivity contribution in [3.8, 4) is 0 Å². The van der Waals surface area contributed by atoms with Gasteiger partial charge in [-0.2, -0.15) is 0 Å². The highest BCUT2D eigenvalue weighted by atomic mass is 16.3. The summed E-state index contributed by atoms with van der Waals surface area (Å²) >= 11 is 0. The fraction of sp³-hybridized carbons (Fsp3) is 1.00. The van der Waals surface area contributed by atoms with Crippen molar-refractivity contribution in [2.75, 3.05) is 26.2 Å². The van der Waals surface area contributed by atoms with Gasteiger partial charge in [0.1, 0.15) is 0 Å². The van der Waals surface area contributed by atoms with E-state index in [-0.39, 0.29) is 0 Å². The molecule has 3 aliphatic rings. The van der Waals surface area contributed by atoms with Crippen LogP contribution >= 0.6 is 0 Å². The van der Waals surface area contributed by atoms with E-state index in [4.69, 9.17) is 0 Å². The SMILES string of the molecule is OCC1CCCCC1CN1CC2(CCCCCC2)C1. The van der Waals surface area contributed by atoms with Crippen molar-refractivity contribution in [3.05, 3.63) is 0 Å². The number of likely N-dealkylation sites (tertiary alicyclic amines) is 1. The van der Waals surface area contributed by atoms with E-state index in [2.05, 4.69) is 4.90 Å². The lowest BCUT2D eigenvalue weighted by molar-refractivity contribution is -0.0347. The molecule has 0 aromatic heterocycles. The number of hydrogen-bond acceptors (Lipinski definition) is 2. The van der Waals surface area contributed by atoms with Gasteiger partial charge in [0, 0.05) is 26.2 Å². The first-order chi connectivity index (χ1) is 9.31. The highest BCUT2D eigenvalue weighted by Gasteiger charge is 2.43. The van der Waals surface area contributed by atoms with Gasteiger partial charge < -0.3 is 10.0 Å². The van der Waals surface area contributed by atoms with Crippen LogP contribution < -0.4 is 0 Å². The van der Waals surface area contributed by atoms with Crippen molar-refractivity contribution in [3.63, 3.8) is 0 Å². The molecule has 1 heterocycles. The third-order valence-corrected chi connectivity index (χ3v) is 6.08. The van der Waals surface area contributed by atoms with Gasteiger partial charge in [-0.3, -0.25) is 0 Å². The van der Waals surface area contributed by atoms with Crippen LogP contribution in [0.4, 0.5) is 0 Å². The Morgan fingerprint density at radius 1 is 0.842 bits per heavy atom. The molecular weight excluding hydrogens is 234 g/mol. The van der Waals surface area contributed by atoms with E-state index in [1.54, 1.807) is 0 Å². The quantitative estimate of drug-likeness (QED) is 0.845. The van der Waals surface area contributed by atoms with Crippen LogP contribution in [0.25, 0.3) is 0 Å². The number of rotatable bonds is 3. The summed E-state index contributed by atoms with van der Waals surface area (Å²) < 4.78 is 0. The minimum absolute atomic E-state index is 0.420. The third kappa shape index (κ3) is 3.16. The summed E-state index contributed by atoms with van der Waals surface area (Å²) in [5.41, 5.74) is 0.708. The number of aliphatic hydroxyl groups is 1. The fourth-order valence-corrected chi connectivity index (χ4v) is 4.92. The molecule has 3 fully saturated rings. The molecule has 1 aliphatic heterocycles. The second-order valence-electron chi connectivity index (χ2n) is 7.57. The minimum atomic E-state index is 0.420. The molecule has 2 saturated carbocycles. The summed E-state index contributed by atoms with van der Waals surface area (Å²) in [5, 5.41) is 9.53. The molecule has 0 radical (unpaired) electrons. The zero-order valence-corrected chi connectivity index (χ0v) is 12.4. The predicted molar refractivity (Wildman–Crippen MR) is 79.1 cm³/mol. The summed E-state index contributed by atoms with van der Waals surface area (Å²) in [4.78, 5) is 2.70. The van der Waals surface area contributed by atoms with Crippen molar-refractivity contribution in [1.82, 2.24) is 4.90 Å². The molecule has 0 aromatic carbocycles. The Labute approximate surface area is 118 Å². The lowest BCUT2D eigenvalue weighted by Crippen LogP contribution is -2.57. The van der Waals surface area contributed by atoms with Crippen LogP contribution in [-0.4, -0.2) is 36.2 Å². The average Bonchev–Trinajstić information content (AvgIpc) is 2.65. The van der Waals surface area contributed by atoms with E-state index >= 15 is 0 Å². The zero-order chi connectivity index (χ0) is 13.1. The van der Waals surface area contributed by atoms with E-state index in [1.165, 1.54) is 83.8 Å². The summed E-state index contributed by atoms with van der Waals surface area (Å²) in [6, 6.07) is 0. The van der Waals surface area contributed by atoms with E-state index in [0.29, 0.717) is 17.9 Å². The normalized spacial score (nSPS) is 35.8. The van der Waals surface area contributed by atoms with Crippen LogP contribution in [0.3, 0.4) is 0 Å². The first-order valence-electron chi connectivity index (χ1n) is 8.65. The van der Waals surface area contributed by atoms with Crippen LogP contribution in [0, 0.1) is 17.3 Å². The van der Waals surface area contributed by atoms with Gasteiger partial charge in [-0.25, -0.2) is 0 Å².